The van der Waals surface area contributed by atoms with Gasteiger partial charge in [-0.05, 0) is 31.2 Å². The normalized spacial score (nSPS) is 10.6. The van der Waals surface area contributed by atoms with Crippen molar-refractivity contribution >= 4 is 29.1 Å². The zero-order valence-electron chi connectivity index (χ0n) is 10.7. The summed E-state index contributed by atoms with van der Waals surface area (Å²) in [5, 5.41) is 12.8. The number of alkyl halides is 1. The fraction of sp³-hybridized carbons (Fsp3) is 0.214. The van der Waals surface area contributed by atoms with Gasteiger partial charge in [0.25, 0.3) is 5.91 Å². The van der Waals surface area contributed by atoms with Crippen LogP contribution in [0.25, 0.3) is 0 Å². The number of hydrogen-bond donors (Lipinski definition) is 2. The SMILES string of the molecule is Cc1oc(C(=O)NCc2cc(Cl)ccc2O)cc1CCl. The molecule has 0 fully saturated rings. The molecule has 20 heavy (non-hydrogen) atoms. The average molecular weight is 314 g/mol. The van der Waals surface area contributed by atoms with E-state index in [-0.39, 0.29) is 29.8 Å². The van der Waals surface area contributed by atoms with E-state index in [1.165, 1.54) is 6.07 Å². The summed E-state index contributed by atoms with van der Waals surface area (Å²) in [5.41, 5.74) is 1.31. The molecule has 0 bridgehead atoms. The first-order valence-electron chi connectivity index (χ1n) is 5.92. The molecule has 0 aliphatic heterocycles. The molecule has 0 saturated heterocycles. The van der Waals surface area contributed by atoms with Crippen LogP contribution in [-0.2, 0) is 12.4 Å². The highest BCUT2D eigenvalue weighted by Crippen LogP contribution is 2.21. The Kier molecular flexibility index (Phi) is 4.57. The Bertz CT molecular complexity index is 637. The van der Waals surface area contributed by atoms with E-state index in [2.05, 4.69) is 5.32 Å². The van der Waals surface area contributed by atoms with Crippen LogP contribution in [0.4, 0.5) is 0 Å². The number of rotatable bonds is 4. The van der Waals surface area contributed by atoms with Gasteiger partial charge in [0, 0.05) is 22.7 Å². The number of phenols is 1. The molecule has 2 N–H and O–H groups in total. The number of aryl methyl sites for hydroxylation is 1. The summed E-state index contributed by atoms with van der Waals surface area (Å²) in [5.74, 6) is 0.809. The maximum absolute atomic E-state index is 11.9. The van der Waals surface area contributed by atoms with Crippen molar-refractivity contribution < 1.29 is 14.3 Å². The first-order valence-corrected chi connectivity index (χ1v) is 6.83. The zero-order chi connectivity index (χ0) is 14.7. The summed E-state index contributed by atoms with van der Waals surface area (Å²) in [4.78, 5) is 11.9. The van der Waals surface area contributed by atoms with Crippen molar-refractivity contribution in [1.82, 2.24) is 5.32 Å². The predicted octanol–water partition coefficient (Wildman–Crippen LogP) is 3.62. The third-order valence-electron chi connectivity index (χ3n) is 2.87. The Morgan fingerprint density at radius 2 is 2.10 bits per heavy atom. The lowest BCUT2D eigenvalue weighted by Gasteiger charge is -2.06. The quantitative estimate of drug-likeness (QED) is 0.847. The van der Waals surface area contributed by atoms with Gasteiger partial charge in [-0.25, -0.2) is 0 Å². The van der Waals surface area contributed by atoms with E-state index in [0.29, 0.717) is 16.3 Å². The summed E-state index contributed by atoms with van der Waals surface area (Å²) < 4.78 is 5.32. The number of carbonyl (C=O) groups is 1. The molecule has 4 nitrogen and oxygen atoms in total. The number of nitrogens with one attached hydrogen (secondary N) is 1. The molecule has 0 radical (unpaired) electrons. The minimum Gasteiger partial charge on any atom is -0.508 e. The van der Waals surface area contributed by atoms with Crippen LogP contribution in [0.3, 0.4) is 0 Å². The van der Waals surface area contributed by atoms with Gasteiger partial charge in [0.1, 0.15) is 11.5 Å². The number of phenolic OH excluding ortho intramolecular Hbond substituents is 1. The Balaban J connectivity index is 2.06. The third kappa shape index (κ3) is 3.26. The van der Waals surface area contributed by atoms with Crippen molar-refractivity contribution in [3.8, 4) is 5.75 Å². The van der Waals surface area contributed by atoms with Gasteiger partial charge in [0.2, 0.25) is 0 Å². The smallest absolute Gasteiger partial charge is 0.287 e. The lowest BCUT2D eigenvalue weighted by atomic mass is 10.2. The first-order chi connectivity index (χ1) is 9.51. The molecule has 0 aliphatic carbocycles. The Hall–Kier alpha value is -1.65. The van der Waals surface area contributed by atoms with Crippen LogP contribution in [0, 0.1) is 6.92 Å². The van der Waals surface area contributed by atoms with E-state index >= 15 is 0 Å². The molecule has 1 aromatic carbocycles. The van der Waals surface area contributed by atoms with Crippen LogP contribution in [-0.4, -0.2) is 11.0 Å². The highest BCUT2D eigenvalue weighted by molar-refractivity contribution is 6.30. The van der Waals surface area contributed by atoms with Crippen LogP contribution < -0.4 is 5.32 Å². The van der Waals surface area contributed by atoms with Crippen LogP contribution in [0.5, 0.6) is 5.75 Å². The summed E-state index contributed by atoms with van der Waals surface area (Å²) in [6, 6.07) is 6.25. The maximum atomic E-state index is 11.9. The molecule has 0 aliphatic rings. The maximum Gasteiger partial charge on any atom is 0.287 e. The number of halogens is 2. The van der Waals surface area contributed by atoms with E-state index in [9.17, 15) is 9.90 Å². The summed E-state index contributed by atoms with van der Waals surface area (Å²) >= 11 is 11.6. The molecule has 1 amide bonds. The molecule has 0 saturated carbocycles. The van der Waals surface area contributed by atoms with Gasteiger partial charge in [0.05, 0.1) is 5.88 Å². The van der Waals surface area contributed by atoms with Crippen molar-refractivity contribution in [2.45, 2.75) is 19.3 Å². The summed E-state index contributed by atoms with van der Waals surface area (Å²) in [6.45, 7) is 1.90. The van der Waals surface area contributed by atoms with E-state index in [4.69, 9.17) is 27.6 Å². The van der Waals surface area contributed by atoms with Gasteiger partial charge in [-0.3, -0.25) is 4.79 Å². The fourth-order valence-electron chi connectivity index (χ4n) is 1.72. The highest BCUT2D eigenvalue weighted by atomic mass is 35.5. The number of amides is 1. The molecule has 0 unspecified atom stereocenters. The summed E-state index contributed by atoms with van der Waals surface area (Å²) in [7, 11) is 0. The van der Waals surface area contributed by atoms with E-state index in [1.807, 2.05) is 0 Å². The van der Waals surface area contributed by atoms with E-state index < -0.39 is 0 Å². The molecule has 1 aromatic heterocycles. The lowest BCUT2D eigenvalue weighted by Crippen LogP contribution is -2.22. The fourth-order valence-corrected chi connectivity index (χ4v) is 2.18. The van der Waals surface area contributed by atoms with Gasteiger partial charge in [0.15, 0.2) is 5.76 Å². The van der Waals surface area contributed by atoms with Crippen LogP contribution in [0.2, 0.25) is 5.02 Å². The molecule has 0 atom stereocenters. The van der Waals surface area contributed by atoms with Crippen molar-refractivity contribution in [2.75, 3.05) is 0 Å². The molecule has 2 aromatic rings. The van der Waals surface area contributed by atoms with Crippen LogP contribution in [0.1, 0.15) is 27.4 Å². The zero-order valence-corrected chi connectivity index (χ0v) is 12.3. The number of hydrogen-bond acceptors (Lipinski definition) is 3. The number of benzene rings is 1. The molecule has 1 heterocycles. The second-order valence-electron chi connectivity index (χ2n) is 4.28. The summed E-state index contributed by atoms with van der Waals surface area (Å²) in [6.07, 6.45) is 0. The Morgan fingerprint density at radius 1 is 1.35 bits per heavy atom. The minimum absolute atomic E-state index is 0.0757. The van der Waals surface area contributed by atoms with Gasteiger partial charge in [-0.2, -0.15) is 0 Å². The van der Waals surface area contributed by atoms with Crippen LogP contribution in [0.15, 0.2) is 28.7 Å². The first kappa shape index (κ1) is 14.8. The average Bonchev–Trinajstić information content (AvgIpc) is 2.80. The van der Waals surface area contributed by atoms with E-state index in [0.717, 1.165) is 5.56 Å². The van der Waals surface area contributed by atoms with Crippen molar-refractivity contribution in [2.24, 2.45) is 0 Å². The minimum atomic E-state index is -0.371. The number of carbonyl (C=O) groups excluding carboxylic acids is 1. The van der Waals surface area contributed by atoms with Crippen molar-refractivity contribution in [1.29, 1.82) is 0 Å². The van der Waals surface area contributed by atoms with Gasteiger partial charge in [-0.15, -0.1) is 11.6 Å². The second-order valence-corrected chi connectivity index (χ2v) is 4.99. The standard InChI is InChI=1S/C14H13Cl2NO3/c1-8-9(6-15)5-13(20-8)14(19)17-7-10-4-11(16)2-3-12(10)18/h2-5,18H,6-7H2,1H3,(H,17,19). The molecule has 0 spiro atoms. The molecular formula is C14H13Cl2NO3. The largest absolute Gasteiger partial charge is 0.508 e. The van der Waals surface area contributed by atoms with Crippen molar-refractivity contribution in [3.63, 3.8) is 0 Å². The predicted molar refractivity (Wildman–Crippen MR) is 77.3 cm³/mol. The topological polar surface area (TPSA) is 62.5 Å². The Labute approximate surface area is 126 Å². The number of aromatic hydroxyl groups is 1. The van der Waals surface area contributed by atoms with Crippen molar-refractivity contribution in [3.05, 3.63) is 51.9 Å². The second kappa shape index (κ2) is 6.20. The molecule has 6 heteroatoms. The van der Waals surface area contributed by atoms with Gasteiger partial charge >= 0.3 is 0 Å². The van der Waals surface area contributed by atoms with Gasteiger partial charge in [-0.1, -0.05) is 11.6 Å². The highest BCUT2D eigenvalue weighted by Gasteiger charge is 2.14. The monoisotopic (exact) mass is 313 g/mol. The van der Waals surface area contributed by atoms with E-state index in [1.54, 1.807) is 25.1 Å². The lowest BCUT2D eigenvalue weighted by molar-refractivity contribution is 0.0921. The van der Waals surface area contributed by atoms with Gasteiger partial charge < -0.3 is 14.8 Å². The molecular weight excluding hydrogens is 301 g/mol. The van der Waals surface area contributed by atoms with Crippen LogP contribution >= 0.6 is 23.2 Å². The number of furan rings is 1. The molecule has 2 rings (SSSR count). The Morgan fingerprint density at radius 3 is 2.75 bits per heavy atom. The molecule has 106 valence electrons. The third-order valence-corrected chi connectivity index (χ3v) is 3.39.